The predicted molar refractivity (Wildman–Crippen MR) is 126 cm³/mol. The highest BCUT2D eigenvalue weighted by molar-refractivity contribution is 6.11. The fraction of sp³-hybridized carbons (Fsp3) is 0.385. The molecule has 0 radical (unpaired) electrons. The number of rotatable bonds is 7. The van der Waals surface area contributed by atoms with Gasteiger partial charge in [-0.25, -0.2) is 0 Å². The van der Waals surface area contributed by atoms with Gasteiger partial charge < -0.3 is 14.4 Å². The van der Waals surface area contributed by atoms with Crippen LogP contribution in [0.4, 0.5) is 0 Å². The van der Waals surface area contributed by atoms with Crippen LogP contribution in [0.15, 0.2) is 60.7 Å². The van der Waals surface area contributed by atoms with Gasteiger partial charge in [0, 0.05) is 72.9 Å². The van der Waals surface area contributed by atoms with Gasteiger partial charge in [-0.3, -0.25) is 9.59 Å². The van der Waals surface area contributed by atoms with Gasteiger partial charge >= 0.3 is 0 Å². The Morgan fingerprint density at radius 2 is 1.87 bits per heavy atom. The Hall–Kier alpha value is -2.76. The number of allylic oxidation sites excluding steroid dienone is 4. The Labute approximate surface area is 184 Å². The number of ketones is 1. The number of piperazine rings is 1. The fourth-order valence-corrected chi connectivity index (χ4v) is 4.75. The molecular weight excluding hydrogens is 386 g/mol. The third-order valence-corrected chi connectivity index (χ3v) is 6.55. The average molecular weight is 418 g/mol. The summed E-state index contributed by atoms with van der Waals surface area (Å²) in [6, 6.07) is 8.17. The molecule has 162 valence electrons. The minimum Gasteiger partial charge on any atom is -0.339 e. The van der Waals surface area contributed by atoms with Crippen molar-refractivity contribution < 1.29 is 9.59 Å². The molecule has 1 fully saturated rings. The number of aromatic nitrogens is 1. The third-order valence-electron chi connectivity index (χ3n) is 6.55. The number of fused-ring (bicyclic) bond motifs is 3. The van der Waals surface area contributed by atoms with E-state index in [1.165, 1.54) is 0 Å². The van der Waals surface area contributed by atoms with Crippen LogP contribution >= 0.6 is 0 Å². The van der Waals surface area contributed by atoms with Crippen LogP contribution < -0.4 is 0 Å². The van der Waals surface area contributed by atoms with Gasteiger partial charge in [-0.1, -0.05) is 43.5 Å². The van der Waals surface area contributed by atoms with Gasteiger partial charge in [-0.15, -0.1) is 0 Å². The highest BCUT2D eigenvalue weighted by Gasteiger charge is 2.34. The monoisotopic (exact) mass is 417 g/mol. The van der Waals surface area contributed by atoms with Gasteiger partial charge in [0.05, 0.1) is 0 Å². The highest BCUT2D eigenvalue weighted by Crippen LogP contribution is 2.35. The van der Waals surface area contributed by atoms with Gasteiger partial charge in [0.15, 0.2) is 5.78 Å². The Bertz CT molecular complexity index is 1050. The summed E-state index contributed by atoms with van der Waals surface area (Å²) in [5, 5.41) is 1.04. The topological polar surface area (TPSA) is 45.6 Å². The summed E-state index contributed by atoms with van der Waals surface area (Å²) in [4.78, 5) is 29.2. The fourth-order valence-electron chi connectivity index (χ4n) is 4.75. The maximum atomic E-state index is 13.6. The normalized spacial score (nSPS) is 20.3. The van der Waals surface area contributed by atoms with Crippen molar-refractivity contribution in [3.05, 3.63) is 72.0 Å². The molecule has 4 rings (SSSR count). The molecule has 1 aromatic carbocycles. The molecule has 0 saturated carbocycles. The van der Waals surface area contributed by atoms with Crippen LogP contribution in [0.5, 0.6) is 0 Å². The van der Waals surface area contributed by atoms with Crippen LogP contribution in [0.3, 0.4) is 0 Å². The van der Waals surface area contributed by atoms with Crippen molar-refractivity contribution in [1.29, 1.82) is 0 Å². The summed E-state index contributed by atoms with van der Waals surface area (Å²) in [6.07, 6.45) is 6.03. The first kappa shape index (κ1) is 21.5. The van der Waals surface area contributed by atoms with E-state index in [2.05, 4.69) is 46.7 Å². The van der Waals surface area contributed by atoms with Gasteiger partial charge in [-0.2, -0.15) is 0 Å². The molecule has 5 nitrogen and oxygen atoms in total. The number of likely N-dealkylation sites (N-methyl/N-ethyl adjacent to an activating group) is 1. The number of carbonyl (C=O) groups is 2. The molecular formula is C26H31N3O2. The van der Waals surface area contributed by atoms with E-state index in [0.29, 0.717) is 12.1 Å². The zero-order valence-electron chi connectivity index (χ0n) is 18.3. The van der Waals surface area contributed by atoms with E-state index < -0.39 is 0 Å². The number of aldehydes is 1. The summed E-state index contributed by atoms with van der Waals surface area (Å²) >= 11 is 0. The lowest BCUT2D eigenvalue weighted by Crippen LogP contribution is -2.47. The zero-order valence-corrected chi connectivity index (χ0v) is 18.3. The number of Topliss-reactive ketones (excluding diaryl/α,β-unsaturated/α-hetero) is 1. The predicted octanol–water partition coefficient (Wildman–Crippen LogP) is 3.50. The molecule has 1 aromatic heterocycles. The number of nitrogens with zero attached hydrogens (tertiary/aromatic N) is 3. The Balaban J connectivity index is 1.60. The second kappa shape index (κ2) is 9.16. The number of para-hydroxylation sites is 1. The third kappa shape index (κ3) is 4.48. The summed E-state index contributed by atoms with van der Waals surface area (Å²) < 4.78 is 2.23. The molecule has 0 bridgehead atoms. The molecule has 0 amide bonds. The molecule has 1 unspecified atom stereocenters. The smallest absolute Gasteiger partial charge is 0.169 e. The molecule has 2 heterocycles. The molecule has 1 aliphatic heterocycles. The molecule has 1 saturated heterocycles. The van der Waals surface area contributed by atoms with E-state index in [-0.39, 0.29) is 11.7 Å². The molecule has 0 spiro atoms. The highest BCUT2D eigenvalue weighted by atomic mass is 16.1. The van der Waals surface area contributed by atoms with Crippen molar-refractivity contribution in [2.75, 3.05) is 39.8 Å². The number of benzene rings is 1. The van der Waals surface area contributed by atoms with Crippen molar-refractivity contribution in [3.63, 3.8) is 0 Å². The number of hydrogen-bond acceptors (Lipinski definition) is 4. The van der Waals surface area contributed by atoms with Crippen molar-refractivity contribution in [2.24, 2.45) is 5.92 Å². The second-order valence-electron chi connectivity index (χ2n) is 8.81. The first-order chi connectivity index (χ1) is 15.0. The molecule has 2 aliphatic rings. The van der Waals surface area contributed by atoms with Crippen molar-refractivity contribution >= 4 is 23.0 Å². The van der Waals surface area contributed by atoms with Gasteiger partial charge in [0.2, 0.25) is 0 Å². The first-order valence-corrected chi connectivity index (χ1v) is 11.0. The minimum atomic E-state index is 0.0641. The van der Waals surface area contributed by atoms with Crippen LogP contribution in [0.25, 0.3) is 10.9 Å². The largest absolute Gasteiger partial charge is 0.339 e. The van der Waals surface area contributed by atoms with Crippen LogP contribution in [-0.4, -0.2) is 66.2 Å². The maximum absolute atomic E-state index is 13.6. The quantitative estimate of drug-likeness (QED) is 0.393. The lowest BCUT2D eigenvalue weighted by atomic mass is 9.84. The van der Waals surface area contributed by atoms with E-state index in [9.17, 15) is 9.59 Å². The van der Waals surface area contributed by atoms with Gasteiger partial charge in [0.1, 0.15) is 6.29 Å². The second-order valence-corrected chi connectivity index (χ2v) is 8.81. The van der Waals surface area contributed by atoms with E-state index in [0.717, 1.165) is 79.6 Å². The Morgan fingerprint density at radius 3 is 2.61 bits per heavy atom. The van der Waals surface area contributed by atoms with Gasteiger partial charge in [0.25, 0.3) is 0 Å². The SMILES string of the molecule is C=C(C=O)/C=C\C(=C)Cn1c2c(c3ccccc31)C(=O)C(CN1CCN(C)CC1)CC2. The van der Waals surface area contributed by atoms with Crippen LogP contribution in [-0.2, 0) is 17.8 Å². The van der Waals surface area contributed by atoms with Crippen molar-refractivity contribution in [1.82, 2.24) is 14.4 Å². The Kier molecular flexibility index (Phi) is 6.35. The lowest BCUT2D eigenvalue weighted by Gasteiger charge is -2.35. The maximum Gasteiger partial charge on any atom is 0.169 e. The van der Waals surface area contributed by atoms with E-state index in [1.54, 1.807) is 6.08 Å². The Morgan fingerprint density at radius 1 is 1.13 bits per heavy atom. The zero-order chi connectivity index (χ0) is 22.0. The number of hydrogen-bond donors (Lipinski definition) is 0. The minimum absolute atomic E-state index is 0.0641. The van der Waals surface area contributed by atoms with Crippen LogP contribution in [0, 0.1) is 5.92 Å². The van der Waals surface area contributed by atoms with Crippen molar-refractivity contribution in [3.8, 4) is 0 Å². The van der Waals surface area contributed by atoms with Crippen molar-refractivity contribution in [2.45, 2.75) is 19.4 Å². The van der Waals surface area contributed by atoms with E-state index >= 15 is 0 Å². The van der Waals surface area contributed by atoms with E-state index in [4.69, 9.17) is 0 Å². The first-order valence-electron chi connectivity index (χ1n) is 11.0. The van der Waals surface area contributed by atoms with Gasteiger partial charge in [-0.05, 0) is 31.5 Å². The summed E-state index contributed by atoms with van der Waals surface area (Å²) in [5.74, 6) is 0.347. The lowest BCUT2D eigenvalue weighted by molar-refractivity contribution is -0.104. The summed E-state index contributed by atoms with van der Waals surface area (Å²) in [7, 11) is 2.15. The van der Waals surface area contributed by atoms with E-state index in [1.807, 2.05) is 18.2 Å². The summed E-state index contributed by atoms with van der Waals surface area (Å²) in [6.45, 7) is 13.5. The molecule has 1 atom stereocenters. The summed E-state index contributed by atoms with van der Waals surface area (Å²) in [5.41, 5.74) is 4.38. The molecule has 31 heavy (non-hydrogen) atoms. The molecule has 2 aromatic rings. The molecule has 5 heteroatoms. The molecule has 0 N–H and O–H groups in total. The number of carbonyl (C=O) groups excluding carboxylic acids is 2. The molecule has 1 aliphatic carbocycles. The van der Waals surface area contributed by atoms with Crippen LogP contribution in [0.1, 0.15) is 22.5 Å². The standard InChI is InChI=1S/C26H31N3O2/c1-19(8-9-20(2)18-30)16-29-23-7-5-4-6-22(23)25-24(29)11-10-21(26(25)31)17-28-14-12-27(3)13-15-28/h4-9,18,21H,1-2,10-17H2,3H3/b9-8-. The average Bonchev–Trinajstić information content (AvgIpc) is 3.09. The van der Waals surface area contributed by atoms with Crippen LogP contribution in [0.2, 0.25) is 0 Å².